The molecule has 0 aliphatic heterocycles. The second-order valence-electron chi connectivity index (χ2n) is 2.36. The molecule has 12 heavy (non-hydrogen) atoms. The van der Waals surface area contributed by atoms with E-state index in [2.05, 4.69) is 0 Å². The van der Waals surface area contributed by atoms with Crippen molar-refractivity contribution < 1.29 is 9.65 Å². The zero-order valence-electron chi connectivity index (χ0n) is 6.35. The van der Waals surface area contributed by atoms with Gasteiger partial charge in [-0.3, -0.25) is 10.1 Å². The summed E-state index contributed by atoms with van der Waals surface area (Å²) in [4.78, 5) is 9.76. The van der Waals surface area contributed by atoms with Crippen molar-refractivity contribution in [3.05, 3.63) is 33.3 Å². The van der Waals surface area contributed by atoms with Crippen LogP contribution in [0.2, 0.25) is 0 Å². The molecule has 0 fully saturated rings. The molecule has 0 spiro atoms. The predicted molar refractivity (Wildman–Crippen MR) is 41.2 cm³/mol. The first-order chi connectivity index (χ1) is 5.52. The summed E-state index contributed by atoms with van der Waals surface area (Å²) in [5.41, 5.74) is 5.20. The molecule has 6 nitrogen and oxygen atoms in total. The Morgan fingerprint density at radius 2 is 2.17 bits per heavy atom. The molecule has 1 aromatic heterocycles. The quantitative estimate of drug-likeness (QED) is 0.279. The molecular formula is C6H7N3O3. The van der Waals surface area contributed by atoms with E-state index in [1.54, 1.807) is 0 Å². The number of aryl methyl sites for hydroxylation is 1. The first-order valence-corrected chi connectivity index (χ1v) is 3.15. The van der Waals surface area contributed by atoms with Crippen molar-refractivity contribution in [2.24, 2.45) is 0 Å². The van der Waals surface area contributed by atoms with Crippen LogP contribution in [-0.2, 0) is 0 Å². The topological polar surface area (TPSA) is 96.1 Å². The van der Waals surface area contributed by atoms with E-state index in [4.69, 9.17) is 5.73 Å². The third-order valence-electron chi connectivity index (χ3n) is 1.42. The van der Waals surface area contributed by atoms with Gasteiger partial charge in [-0.05, 0) is 6.92 Å². The molecule has 0 radical (unpaired) electrons. The Morgan fingerprint density at radius 3 is 2.58 bits per heavy atom. The molecule has 0 aromatic carbocycles. The van der Waals surface area contributed by atoms with Crippen LogP contribution < -0.4 is 10.5 Å². The third-order valence-corrected chi connectivity index (χ3v) is 1.42. The average Bonchev–Trinajstić information content (AvgIpc) is 1.82. The van der Waals surface area contributed by atoms with Gasteiger partial charge in [0.2, 0.25) is 6.20 Å². The summed E-state index contributed by atoms with van der Waals surface area (Å²) in [6, 6.07) is 0. The summed E-state index contributed by atoms with van der Waals surface area (Å²) in [6.07, 6.45) is 2.07. The third kappa shape index (κ3) is 1.26. The lowest BCUT2D eigenvalue weighted by molar-refractivity contribution is -0.605. The molecule has 0 aliphatic carbocycles. The van der Waals surface area contributed by atoms with Crippen LogP contribution in [0.1, 0.15) is 5.56 Å². The molecule has 2 N–H and O–H groups in total. The van der Waals surface area contributed by atoms with Gasteiger partial charge < -0.3 is 10.9 Å². The van der Waals surface area contributed by atoms with Gasteiger partial charge in [-0.15, -0.1) is 0 Å². The smallest absolute Gasteiger partial charge is 0.307 e. The van der Waals surface area contributed by atoms with Gasteiger partial charge in [-0.1, -0.05) is 0 Å². The summed E-state index contributed by atoms with van der Waals surface area (Å²) in [7, 11) is 0. The lowest BCUT2D eigenvalue weighted by atomic mass is 10.2. The van der Waals surface area contributed by atoms with Gasteiger partial charge in [0, 0.05) is 0 Å². The van der Waals surface area contributed by atoms with Crippen molar-refractivity contribution in [2.75, 3.05) is 5.73 Å². The highest BCUT2D eigenvalue weighted by atomic mass is 16.6. The molecule has 64 valence electrons. The monoisotopic (exact) mass is 169 g/mol. The summed E-state index contributed by atoms with van der Waals surface area (Å²) in [5, 5.41) is 21.1. The Balaban J connectivity index is 3.38. The van der Waals surface area contributed by atoms with Crippen LogP contribution >= 0.6 is 0 Å². The second-order valence-corrected chi connectivity index (χ2v) is 2.36. The van der Waals surface area contributed by atoms with Crippen LogP contribution in [-0.4, -0.2) is 4.92 Å². The number of nitrogens with zero attached hydrogens (tertiary/aromatic N) is 2. The number of nitrogens with two attached hydrogens (primary N) is 1. The molecule has 0 unspecified atom stereocenters. The summed E-state index contributed by atoms with van der Waals surface area (Å²) in [5.74, 6) is 0. The van der Waals surface area contributed by atoms with Crippen LogP contribution in [0.25, 0.3) is 0 Å². The Morgan fingerprint density at radius 1 is 1.58 bits per heavy atom. The normalized spacial score (nSPS) is 9.75. The van der Waals surface area contributed by atoms with Crippen LogP contribution in [0.4, 0.5) is 11.4 Å². The maximum atomic E-state index is 10.7. The number of hydrogen-bond acceptors (Lipinski definition) is 4. The lowest BCUT2D eigenvalue weighted by Gasteiger charge is -2.00. The van der Waals surface area contributed by atoms with Crippen LogP contribution in [0.3, 0.4) is 0 Å². The van der Waals surface area contributed by atoms with Crippen molar-refractivity contribution in [3.8, 4) is 0 Å². The summed E-state index contributed by atoms with van der Waals surface area (Å²) in [6.45, 7) is 1.46. The minimum Gasteiger partial charge on any atom is -0.619 e. The van der Waals surface area contributed by atoms with E-state index in [9.17, 15) is 15.3 Å². The molecule has 0 amide bonds. The molecule has 0 bridgehead atoms. The Labute approximate surface area is 68.0 Å². The second kappa shape index (κ2) is 2.65. The maximum absolute atomic E-state index is 10.7. The molecule has 0 saturated carbocycles. The number of rotatable bonds is 1. The summed E-state index contributed by atoms with van der Waals surface area (Å²) >= 11 is 0. The van der Waals surface area contributed by atoms with Crippen LogP contribution in [0.15, 0.2) is 12.4 Å². The van der Waals surface area contributed by atoms with Crippen molar-refractivity contribution in [2.45, 2.75) is 6.92 Å². The van der Waals surface area contributed by atoms with E-state index < -0.39 is 4.92 Å². The first-order valence-electron chi connectivity index (χ1n) is 3.15. The van der Waals surface area contributed by atoms with E-state index in [1.165, 1.54) is 6.92 Å². The van der Waals surface area contributed by atoms with Crippen LogP contribution in [0, 0.1) is 22.2 Å². The fraction of sp³-hybridized carbons (Fsp3) is 0.167. The van der Waals surface area contributed by atoms with Gasteiger partial charge in [-0.25, -0.2) is 0 Å². The van der Waals surface area contributed by atoms with Crippen LogP contribution in [0.5, 0.6) is 0 Å². The Kier molecular flexibility index (Phi) is 1.82. The maximum Gasteiger partial charge on any atom is 0.307 e. The summed E-state index contributed by atoms with van der Waals surface area (Å²) < 4.78 is 0.442. The SMILES string of the molecule is Cc1c[n+]([O-])cc(N)c1[N+](=O)[O-]. The average molecular weight is 169 g/mol. The van der Waals surface area contributed by atoms with Gasteiger partial charge in [0.25, 0.3) is 0 Å². The van der Waals surface area contributed by atoms with Crippen molar-refractivity contribution in [1.29, 1.82) is 0 Å². The molecule has 1 aromatic rings. The highest BCUT2D eigenvalue weighted by molar-refractivity contribution is 5.58. The predicted octanol–water partition coefficient (Wildman–Crippen LogP) is 0.119. The zero-order chi connectivity index (χ0) is 9.30. The molecular weight excluding hydrogens is 162 g/mol. The number of pyridine rings is 1. The molecule has 6 heteroatoms. The Hall–Kier alpha value is -1.85. The van der Waals surface area contributed by atoms with E-state index in [-0.39, 0.29) is 16.9 Å². The highest BCUT2D eigenvalue weighted by Crippen LogP contribution is 2.22. The van der Waals surface area contributed by atoms with Crippen molar-refractivity contribution in [1.82, 2.24) is 0 Å². The minimum absolute atomic E-state index is 0.116. The number of anilines is 1. The fourth-order valence-corrected chi connectivity index (χ4v) is 0.965. The van der Waals surface area contributed by atoms with E-state index in [1.807, 2.05) is 0 Å². The lowest BCUT2D eigenvalue weighted by Crippen LogP contribution is -2.26. The fourth-order valence-electron chi connectivity index (χ4n) is 0.965. The van der Waals surface area contributed by atoms with Gasteiger partial charge in [-0.2, -0.15) is 4.73 Å². The van der Waals surface area contributed by atoms with E-state index in [0.717, 1.165) is 12.4 Å². The molecule has 0 saturated heterocycles. The molecule has 0 atom stereocenters. The standard InChI is InChI=1S/C6H7N3O3/c1-4-2-8(10)3-5(7)6(4)9(11)12/h2-3H,7H2,1H3. The molecule has 1 heterocycles. The van der Waals surface area contributed by atoms with Gasteiger partial charge in [0.05, 0.1) is 10.5 Å². The zero-order valence-corrected chi connectivity index (χ0v) is 6.35. The van der Waals surface area contributed by atoms with Gasteiger partial charge >= 0.3 is 5.69 Å². The van der Waals surface area contributed by atoms with Crippen molar-refractivity contribution >= 4 is 11.4 Å². The van der Waals surface area contributed by atoms with E-state index in [0.29, 0.717) is 4.73 Å². The number of nitrogen functional groups attached to an aromatic ring is 1. The van der Waals surface area contributed by atoms with Gasteiger partial charge in [0.15, 0.2) is 11.9 Å². The van der Waals surface area contributed by atoms with E-state index >= 15 is 0 Å². The van der Waals surface area contributed by atoms with Crippen molar-refractivity contribution in [3.63, 3.8) is 0 Å². The largest absolute Gasteiger partial charge is 0.619 e. The molecule has 0 aliphatic rings. The number of hydrogen-bond donors (Lipinski definition) is 1. The minimum atomic E-state index is -0.606. The Bertz CT molecular complexity index is 314. The first kappa shape index (κ1) is 8.25. The number of aromatic nitrogens is 1. The molecule has 1 rings (SSSR count). The van der Waals surface area contributed by atoms with Gasteiger partial charge in [0.1, 0.15) is 0 Å². The highest BCUT2D eigenvalue weighted by Gasteiger charge is 2.18. The number of nitro groups is 1.